The van der Waals surface area contributed by atoms with E-state index in [4.69, 9.17) is 16.3 Å². The Morgan fingerprint density at radius 3 is 2.11 bits per heavy atom. The van der Waals surface area contributed by atoms with E-state index in [0.29, 0.717) is 12.0 Å². The lowest BCUT2D eigenvalue weighted by Crippen LogP contribution is -2.49. The highest BCUT2D eigenvalue weighted by Gasteiger charge is 2.41. The van der Waals surface area contributed by atoms with Crippen LogP contribution in [-0.2, 0) is 15.1 Å². The second kappa shape index (κ2) is 9.00. The van der Waals surface area contributed by atoms with Gasteiger partial charge in [0.15, 0.2) is 0 Å². The molecule has 1 atom stereocenters. The van der Waals surface area contributed by atoms with Crippen molar-refractivity contribution in [2.45, 2.75) is 72.3 Å². The Morgan fingerprint density at radius 2 is 1.71 bits per heavy atom. The van der Waals surface area contributed by atoms with Gasteiger partial charge < -0.3 is 16.3 Å². The van der Waals surface area contributed by atoms with E-state index in [2.05, 4.69) is 50.5 Å². The molecule has 6 nitrogen and oxygen atoms in total. The molecule has 0 fully saturated rings. The maximum Gasteiger partial charge on any atom is 0.331 e. The monoisotopic (exact) mass is 404 g/mol. The van der Waals surface area contributed by atoms with Crippen LogP contribution in [0.1, 0.15) is 46.6 Å². The summed E-state index contributed by atoms with van der Waals surface area (Å²) >= 11 is 0. The van der Waals surface area contributed by atoms with Crippen molar-refractivity contribution in [3.63, 3.8) is 0 Å². The fraction of sp³-hybridized carbons (Fsp3) is 0.571. The maximum absolute atomic E-state index is 12.8. The molecule has 0 aliphatic carbocycles. The average Bonchev–Trinajstić information content (AvgIpc) is 2.52. The molecule has 0 saturated carbocycles. The van der Waals surface area contributed by atoms with E-state index in [1.54, 1.807) is 6.21 Å². The van der Waals surface area contributed by atoms with Gasteiger partial charge in [0.25, 0.3) is 0 Å². The second-order valence-electron chi connectivity index (χ2n) is 9.73. The molecule has 0 amide bonds. The van der Waals surface area contributed by atoms with Crippen molar-refractivity contribution in [1.29, 1.82) is 0 Å². The van der Waals surface area contributed by atoms with Gasteiger partial charge in [0.05, 0.1) is 17.1 Å². The van der Waals surface area contributed by atoms with Gasteiger partial charge in [-0.25, -0.2) is 4.79 Å². The number of rotatable bonds is 7. The third-order valence-corrected chi connectivity index (χ3v) is 5.94. The quantitative estimate of drug-likeness (QED) is 0.234. The molecule has 1 aromatic carbocycles. The van der Waals surface area contributed by atoms with E-state index in [0.717, 1.165) is 11.0 Å². The van der Waals surface area contributed by atoms with E-state index in [-0.39, 0.29) is 11.5 Å². The van der Waals surface area contributed by atoms with Crippen LogP contribution in [-0.4, -0.2) is 31.7 Å². The van der Waals surface area contributed by atoms with E-state index < -0.39 is 19.6 Å². The normalized spacial score (nSPS) is 15.7. The van der Waals surface area contributed by atoms with Crippen LogP contribution in [0.25, 0.3) is 0 Å². The zero-order valence-corrected chi connectivity index (χ0v) is 19.5. The molecule has 0 aromatic heterocycles. The fourth-order valence-electron chi connectivity index (χ4n) is 2.85. The topological polar surface area (TPSA) is 103 Å². The van der Waals surface area contributed by atoms with E-state index in [1.165, 1.54) is 0 Å². The summed E-state index contributed by atoms with van der Waals surface area (Å²) in [5.41, 5.74) is 6.70. The molecule has 0 aliphatic rings. The van der Waals surface area contributed by atoms with Gasteiger partial charge in [-0.2, -0.15) is 5.10 Å². The molecule has 0 bridgehead atoms. The predicted molar refractivity (Wildman–Crippen MR) is 121 cm³/mol. The molecule has 0 heterocycles. The van der Waals surface area contributed by atoms with Gasteiger partial charge in [-0.1, -0.05) is 52.5 Å². The third kappa shape index (κ3) is 6.87. The van der Waals surface area contributed by atoms with Crippen molar-refractivity contribution in [2.75, 3.05) is 0 Å². The summed E-state index contributed by atoms with van der Waals surface area (Å²) in [7, 11) is -1.64. The lowest BCUT2D eigenvalue weighted by atomic mass is 9.76. The van der Waals surface area contributed by atoms with E-state index in [1.807, 2.05) is 38.1 Å². The average molecular weight is 405 g/mol. The van der Waals surface area contributed by atoms with Crippen LogP contribution in [0.4, 0.5) is 5.69 Å². The first-order valence-corrected chi connectivity index (χ1v) is 13.1. The van der Waals surface area contributed by atoms with Crippen molar-refractivity contribution in [3.05, 3.63) is 29.8 Å². The van der Waals surface area contributed by atoms with Gasteiger partial charge in [0.2, 0.25) is 0 Å². The number of hydrogen-bond acceptors (Lipinski definition) is 6. The summed E-state index contributed by atoms with van der Waals surface area (Å²) < 4.78 is 5.46. The number of hydrazone groups is 1. The summed E-state index contributed by atoms with van der Waals surface area (Å²) in [4.78, 5) is 17.3. The van der Waals surface area contributed by atoms with E-state index >= 15 is 0 Å². The number of esters is 1. The van der Waals surface area contributed by atoms with Crippen molar-refractivity contribution in [2.24, 2.45) is 27.1 Å². The molecule has 0 saturated heterocycles. The molecule has 7 heteroatoms. The number of carbonyl (C=O) groups excluding carboxylic acids is 1. The van der Waals surface area contributed by atoms with Gasteiger partial charge in [-0.15, -0.1) is 0 Å². The lowest BCUT2D eigenvalue weighted by molar-refractivity contribution is -0.156. The minimum absolute atomic E-state index is 0.147. The van der Waals surface area contributed by atoms with Crippen LogP contribution in [0.15, 0.2) is 34.4 Å². The molecule has 0 spiro atoms. The highest BCUT2D eigenvalue weighted by atomic mass is 28.3. The number of nitrogens with zero attached hydrogens (tertiary/aromatic N) is 2. The summed E-state index contributed by atoms with van der Waals surface area (Å²) in [6.45, 7) is 16.3. The number of aliphatic imine (C=N–C) groups is 1. The molecule has 28 heavy (non-hydrogen) atoms. The Balaban J connectivity index is 3.20. The Labute approximate surface area is 170 Å². The molecule has 0 radical (unpaired) electrons. The second-order valence-corrected chi connectivity index (χ2v) is 14.7. The van der Waals surface area contributed by atoms with Crippen LogP contribution in [0.2, 0.25) is 19.6 Å². The first-order valence-electron chi connectivity index (χ1n) is 9.62. The SMILES string of the molecule is CC(C)OC(=O)[C@@](N)(CC(C)(C)C)c1ccc(N=CC(=NN)[Si](C)(C)C)cc1. The summed E-state index contributed by atoms with van der Waals surface area (Å²) in [6.07, 6.45) is 1.96. The van der Waals surface area contributed by atoms with Crippen LogP contribution >= 0.6 is 0 Å². The maximum atomic E-state index is 12.8. The molecule has 0 aliphatic heterocycles. The fourth-order valence-corrected chi connectivity index (χ4v) is 3.69. The summed E-state index contributed by atoms with van der Waals surface area (Å²) in [5.74, 6) is 5.09. The van der Waals surface area contributed by atoms with Gasteiger partial charge >= 0.3 is 5.97 Å². The minimum Gasteiger partial charge on any atom is -0.461 e. The Hall–Kier alpha value is -1.99. The summed E-state index contributed by atoms with van der Waals surface area (Å²) in [6, 6.07) is 7.37. The zero-order chi connectivity index (χ0) is 21.8. The lowest BCUT2D eigenvalue weighted by Gasteiger charge is -2.34. The number of nitrogens with two attached hydrogens (primary N) is 2. The van der Waals surface area contributed by atoms with Crippen molar-refractivity contribution < 1.29 is 9.53 Å². The van der Waals surface area contributed by atoms with Crippen molar-refractivity contribution in [3.8, 4) is 0 Å². The molecule has 0 unspecified atom stereocenters. The van der Waals surface area contributed by atoms with Gasteiger partial charge in [-0.3, -0.25) is 4.99 Å². The number of carbonyl (C=O) groups is 1. The Morgan fingerprint density at radius 1 is 1.18 bits per heavy atom. The molecule has 1 rings (SSSR count). The van der Waals surface area contributed by atoms with Crippen LogP contribution in [0.3, 0.4) is 0 Å². The van der Waals surface area contributed by atoms with Gasteiger partial charge in [0, 0.05) is 6.21 Å². The van der Waals surface area contributed by atoms with Crippen LogP contribution in [0, 0.1) is 5.41 Å². The standard InChI is InChI=1S/C21H36N4O2Si/c1-15(2)27-19(26)21(22,14-20(3,4)5)16-9-11-17(12-10-16)24-13-18(25-23)28(6,7)8/h9-13,15H,14,22-23H2,1-8H3/t21-/m1/s1. The number of ether oxygens (including phenoxy) is 1. The highest BCUT2D eigenvalue weighted by Crippen LogP contribution is 2.35. The van der Waals surface area contributed by atoms with Crippen molar-refractivity contribution >= 4 is 31.3 Å². The smallest absolute Gasteiger partial charge is 0.331 e. The van der Waals surface area contributed by atoms with Crippen LogP contribution in [0.5, 0.6) is 0 Å². The van der Waals surface area contributed by atoms with E-state index in [9.17, 15) is 4.79 Å². The molecule has 4 N–H and O–H groups in total. The Bertz CT molecular complexity index is 728. The minimum atomic E-state index is -1.64. The summed E-state index contributed by atoms with van der Waals surface area (Å²) in [5, 5.41) is 4.70. The molecule has 1 aromatic rings. The van der Waals surface area contributed by atoms with Gasteiger partial charge in [-0.05, 0) is 43.4 Å². The van der Waals surface area contributed by atoms with Gasteiger partial charge in [0.1, 0.15) is 13.6 Å². The number of hydrogen-bond donors (Lipinski definition) is 2. The first-order chi connectivity index (χ1) is 12.7. The number of benzene rings is 1. The van der Waals surface area contributed by atoms with Crippen LogP contribution < -0.4 is 11.6 Å². The first kappa shape index (κ1) is 24.0. The van der Waals surface area contributed by atoms with Crippen molar-refractivity contribution in [1.82, 2.24) is 0 Å². The molecular weight excluding hydrogens is 368 g/mol. The highest BCUT2D eigenvalue weighted by molar-refractivity contribution is 7.11. The molecular formula is C21H36N4O2Si. The third-order valence-electron chi connectivity index (χ3n) is 4.14. The predicted octanol–water partition coefficient (Wildman–Crippen LogP) is 4.12. The zero-order valence-electron chi connectivity index (χ0n) is 18.5. The largest absolute Gasteiger partial charge is 0.461 e. The Kier molecular flexibility index (Phi) is 7.73. The molecule has 156 valence electrons.